The maximum absolute atomic E-state index is 12.3. The van der Waals surface area contributed by atoms with Crippen molar-refractivity contribution in [2.45, 2.75) is 27.2 Å². The van der Waals surface area contributed by atoms with Crippen LogP contribution in [0, 0.1) is 6.92 Å². The molecule has 0 aliphatic heterocycles. The summed E-state index contributed by atoms with van der Waals surface area (Å²) in [5.41, 5.74) is 0.565. The molecular weight excluding hydrogens is 348 g/mol. The van der Waals surface area contributed by atoms with E-state index >= 15 is 0 Å². The first kappa shape index (κ1) is 20.6. The second-order valence-corrected chi connectivity index (χ2v) is 6.26. The molecule has 0 aliphatic carbocycles. The molecule has 2 amide bonds. The van der Waals surface area contributed by atoms with Crippen LogP contribution in [0.2, 0.25) is 0 Å². The predicted octanol–water partition coefficient (Wildman–Crippen LogP) is 1.83. The summed E-state index contributed by atoms with van der Waals surface area (Å²) in [6.45, 7) is 4.58. The average molecular weight is 370 g/mol. The van der Waals surface area contributed by atoms with Crippen molar-refractivity contribution >= 4 is 40.1 Å². The second-order valence-electron chi connectivity index (χ2n) is 5.24. The standard InChI is InChI=1S/C16H22N2O6S/c1-6-11(20)24-8-10(19)17-14-12(16(22)23-7-2)9(3)13(25-14)15(21)18(4)5/h6-8H2,1-5H3,(H,17,19). The Labute approximate surface area is 150 Å². The van der Waals surface area contributed by atoms with Gasteiger partial charge in [0.05, 0.1) is 17.0 Å². The van der Waals surface area contributed by atoms with Gasteiger partial charge in [0, 0.05) is 20.5 Å². The molecule has 1 aromatic rings. The lowest BCUT2D eigenvalue weighted by atomic mass is 10.1. The minimum atomic E-state index is -0.630. The van der Waals surface area contributed by atoms with E-state index in [2.05, 4.69) is 5.32 Å². The number of amides is 2. The lowest BCUT2D eigenvalue weighted by Gasteiger charge is -2.09. The summed E-state index contributed by atoms with van der Waals surface area (Å²) < 4.78 is 9.76. The maximum atomic E-state index is 12.3. The minimum absolute atomic E-state index is 0.132. The number of esters is 2. The van der Waals surface area contributed by atoms with Crippen molar-refractivity contribution in [3.05, 3.63) is 16.0 Å². The number of carbonyl (C=O) groups excluding carboxylic acids is 4. The molecule has 138 valence electrons. The van der Waals surface area contributed by atoms with Crippen molar-refractivity contribution in [2.75, 3.05) is 32.6 Å². The second kappa shape index (κ2) is 9.16. The maximum Gasteiger partial charge on any atom is 0.341 e. The topological polar surface area (TPSA) is 102 Å². The van der Waals surface area contributed by atoms with E-state index in [1.54, 1.807) is 34.9 Å². The van der Waals surface area contributed by atoms with Crippen LogP contribution in [0.1, 0.15) is 45.9 Å². The first-order valence-corrected chi connectivity index (χ1v) is 8.52. The van der Waals surface area contributed by atoms with Crippen LogP contribution in [-0.2, 0) is 19.1 Å². The third kappa shape index (κ3) is 5.28. The third-order valence-electron chi connectivity index (χ3n) is 3.13. The number of ether oxygens (including phenoxy) is 2. The summed E-state index contributed by atoms with van der Waals surface area (Å²) in [6, 6.07) is 0. The highest BCUT2D eigenvalue weighted by Gasteiger charge is 2.27. The molecule has 0 aromatic carbocycles. The highest BCUT2D eigenvalue weighted by molar-refractivity contribution is 7.18. The monoisotopic (exact) mass is 370 g/mol. The lowest BCUT2D eigenvalue weighted by molar-refractivity contribution is -0.146. The molecule has 0 bridgehead atoms. The summed E-state index contributed by atoms with van der Waals surface area (Å²) in [4.78, 5) is 49.3. The predicted molar refractivity (Wildman–Crippen MR) is 92.9 cm³/mol. The SMILES string of the molecule is CCOC(=O)c1c(NC(=O)COC(=O)CC)sc(C(=O)N(C)C)c1C. The van der Waals surface area contributed by atoms with Gasteiger partial charge in [-0.25, -0.2) is 4.79 Å². The molecule has 0 unspecified atom stereocenters. The van der Waals surface area contributed by atoms with E-state index in [4.69, 9.17) is 9.47 Å². The van der Waals surface area contributed by atoms with E-state index < -0.39 is 24.5 Å². The summed E-state index contributed by atoms with van der Waals surface area (Å²) in [5.74, 6) is -2.02. The molecule has 1 heterocycles. The van der Waals surface area contributed by atoms with Crippen LogP contribution in [0.3, 0.4) is 0 Å². The van der Waals surface area contributed by atoms with Crippen molar-refractivity contribution in [2.24, 2.45) is 0 Å². The zero-order chi connectivity index (χ0) is 19.1. The van der Waals surface area contributed by atoms with Gasteiger partial charge in [-0.2, -0.15) is 0 Å². The zero-order valence-corrected chi connectivity index (χ0v) is 15.7. The third-order valence-corrected chi connectivity index (χ3v) is 4.33. The molecule has 1 aromatic heterocycles. The Balaban J connectivity index is 3.12. The minimum Gasteiger partial charge on any atom is -0.462 e. The molecule has 0 radical (unpaired) electrons. The molecular formula is C16H22N2O6S. The number of carbonyl (C=O) groups is 4. The van der Waals surface area contributed by atoms with Crippen LogP contribution in [0.25, 0.3) is 0 Å². The highest BCUT2D eigenvalue weighted by Crippen LogP contribution is 2.34. The Hall–Kier alpha value is -2.42. The molecule has 25 heavy (non-hydrogen) atoms. The summed E-state index contributed by atoms with van der Waals surface area (Å²) >= 11 is 0.981. The molecule has 8 nitrogen and oxygen atoms in total. The summed E-state index contributed by atoms with van der Waals surface area (Å²) in [7, 11) is 3.18. The number of nitrogens with zero attached hydrogens (tertiary/aromatic N) is 1. The molecule has 9 heteroatoms. The Morgan fingerprint density at radius 3 is 2.28 bits per heavy atom. The van der Waals surface area contributed by atoms with Gasteiger partial charge in [-0.1, -0.05) is 6.92 Å². The molecule has 0 saturated heterocycles. The van der Waals surface area contributed by atoms with Gasteiger partial charge in [-0.3, -0.25) is 14.4 Å². The molecule has 1 N–H and O–H groups in total. The summed E-state index contributed by atoms with van der Waals surface area (Å²) in [5, 5.41) is 2.71. The van der Waals surface area contributed by atoms with E-state index in [0.717, 1.165) is 11.3 Å². The molecule has 0 atom stereocenters. The Bertz CT molecular complexity index is 680. The van der Waals surface area contributed by atoms with Gasteiger partial charge >= 0.3 is 11.9 Å². The van der Waals surface area contributed by atoms with Gasteiger partial charge in [-0.05, 0) is 19.4 Å². The van der Waals surface area contributed by atoms with Crippen LogP contribution in [0.15, 0.2) is 0 Å². The smallest absolute Gasteiger partial charge is 0.341 e. The van der Waals surface area contributed by atoms with Crippen LogP contribution >= 0.6 is 11.3 Å². The normalized spacial score (nSPS) is 10.1. The van der Waals surface area contributed by atoms with Gasteiger partial charge in [0.25, 0.3) is 11.8 Å². The fraction of sp³-hybridized carbons (Fsp3) is 0.500. The van der Waals surface area contributed by atoms with Gasteiger partial charge < -0.3 is 19.7 Å². The Morgan fingerprint density at radius 2 is 1.76 bits per heavy atom. The van der Waals surface area contributed by atoms with Gasteiger partial charge in [0.1, 0.15) is 5.00 Å². The van der Waals surface area contributed by atoms with E-state index in [0.29, 0.717) is 10.4 Å². The van der Waals surface area contributed by atoms with Crippen LogP contribution < -0.4 is 5.32 Å². The molecule has 1 rings (SSSR count). The van der Waals surface area contributed by atoms with E-state index in [-0.39, 0.29) is 29.5 Å². The molecule has 0 aliphatic rings. The quantitative estimate of drug-likeness (QED) is 0.735. The number of hydrogen-bond acceptors (Lipinski definition) is 7. The average Bonchev–Trinajstić information content (AvgIpc) is 2.87. The lowest BCUT2D eigenvalue weighted by Crippen LogP contribution is -2.21. The van der Waals surface area contributed by atoms with Crippen LogP contribution in [0.5, 0.6) is 0 Å². The van der Waals surface area contributed by atoms with Crippen molar-refractivity contribution in [3.8, 4) is 0 Å². The molecule has 0 spiro atoms. The van der Waals surface area contributed by atoms with Gasteiger partial charge in [0.15, 0.2) is 6.61 Å². The number of hydrogen-bond donors (Lipinski definition) is 1. The van der Waals surface area contributed by atoms with Gasteiger partial charge in [-0.15, -0.1) is 11.3 Å². The molecule has 0 fully saturated rings. The summed E-state index contributed by atoms with van der Waals surface area (Å²) in [6.07, 6.45) is 0.154. The zero-order valence-electron chi connectivity index (χ0n) is 14.9. The first-order valence-electron chi connectivity index (χ1n) is 7.70. The van der Waals surface area contributed by atoms with Crippen LogP contribution in [-0.4, -0.2) is 56.0 Å². The van der Waals surface area contributed by atoms with Crippen molar-refractivity contribution in [1.29, 1.82) is 0 Å². The first-order chi connectivity index (χ1) is 11.7. The van der Waals surface area contributed by atoms with Crippen molar-refractivity contribution in [1.82, 2.24) is 4.90 Å². The van der Waals surface area contributed by atoms with Crippen molar-refractivity contribution < 1.29 is 28.7 Å². The highest BCUT2D eigenvalue weighted by atomic mass is 32.1. The van der Waals surface area contributed by atoms with E-state index in [1.807, 2.05) is 0 Å². The Kier molecular flexibility index (Phi) is 7.56. The Morgan fingerprint density at radius 1 is 1.12 bits per heavy atom. The fourth-order valence-electron chi connectivity index (χ4n) is 1.87. The van der Waals surface area contributed by atoms with Crippen LogP contribution in [0.4, 0.5) is 5.00 Å². The van der Waals surface area contributed by atoms with Gasteiger partial charge in [0.2, 0.25) is 0 Å². The van der Waals surface area contributed by atoms with E-state index in [9.17, 15) is 19.2 Å². The number of nitrogens with one attached hydrogen (secondary N) is 1. The molecule has 0 saturated carbocycles. The largest absolute Gasteiger partial charge is 0.462 e. The number of anilines is 1. The number of thiophene rings is 1. The fourth-order valence-corrected chi connectivity index (χ4v) is 3.10. The number of rotatable bonds is 7. The van der Waals surface area contributed by atoms with E-state index in [1.165, 1.54) is 4.90 Å². The van der Waals surface area contributed by atoms with Crippen molar-refractivity contribution in [3.63, 3.8) is 0 Å².